The van der Waals surface area contributed by atoms with Gasteiger partial charge in [-0.05, 0) is 18.9 Å². The van der Waals surface area contributed by atoms with Crippen molar-refractivity contribution >= 4 is 5.97 Å². The summed E-state index contributed by atoms with van der Waals surface area (Å²) >= 11 is 0. The highest BCUT2D eigenvalue weighted by atomic mass is 16.4. The van der Waals surface area contributed by atoms with Crippen molar-refractivity contribution in [3.63, 3.8) is 0 Å². The van der Waals surface area contributed by atoms with Gasteiger partial charge in [0, 0.05) is 19.2 Å². The molecule has 4 nitrogen and oxygen atoms in total. The normalized spacial score (nSPS) is 10.5. The first-order valence-corrected chi connectivity index (χ1v) is 4.79. The SMILES string of the molecule is CCc1c(CCC(=O)O)nn(C)c1C. The van der Waals surface area contributed by atoms with E-state index in [2.05, 4.69) is 12.0 Å². The number of rotatable bonds is 4. The zero-order chi connectivity index (χ0) is 10.7. The van der Waals surface area contributed by atoms with Crippen LogP contribution in [0.4, 0.5) is 0 Å². The van der Waals surface area contributed by atoms with Crippen molar-refractivity contribution in [1.29, 1.82) is 0 Å². The quantitative estimate of drug-likeness (QED) is 0.789. The van der Waals surface area contributed by atoms with E-state index in [-0.39, 0.29) is 6.42 Å². The first-order valence-electron chi connectivity index (χ1n) is 4.79. The minimum absolute atomic E-state index is 0.156. The summed E-state index contributed by atoms with van der Waals surface area (Å²) in [6.45, 7) is 4.07. The molecule has 0 amide bonds. The Hall–Kier alpha value is -1.32. The van der Waals surface area contributed by atoms with Crippen molar-refractivity contribution in [2.24, 2.45) is 7.05 Å². The average molecular weight is 196 g/mol. The predicted molar refractivity (Wildman–Crippen MR) is 53.3 cm³/mol. The minimum atomic E-state index is -0.768. The Labute approximate surface area is 83.5 Å². The molecule has 0 unspecified atom stereocenters. The first kappa shape index (κ1) is 10.8. The fraction of sp³-hybridized carbons (Fsp3) is 0.600. The maximum absolute atomic E-state index is 10.4. The van der Waals surface area contributed by atoms with E-state index in [1.54, 1.807) is 0 Å². The summed E-state index contributed by atoms with van der Waals surface area (Å²) in [5, 5.41) is 12.9. The number of carboxylic acid groups (broad SMARTS) is 1. The highest BCUT2D eigenvalue weighted by Crippen LogP contribution is 2.14. The van der Waals surface area contributed by atoms with E-state index in [4.69, 9.17) is 5.11 Å². The molecular weight excluding hydrogens is 180 g/mol. The van der Waals surface area contributed by atoms with Crippen molar-refractivity contribution in [2.45, 2.75) is 33.1 Å². The van der Waals surface area contributed by atoms with Crippen LogP contribution in [-0.4, -0.2) is 20.9 Å². The average Bonchev–Trinajstić information content (AvgIpc) is 2.39. The van der Waals surface area contributed by atoms with Crippen molar-refractivity contribution in [1.82, 2.24) is 9.78 Å². The number of aromatic nitrogens is 2. The van der Waals surface area contributed by atoms with E-state index < -0.39 is 5.97 Å². The van der Waals surface area contributed by atoms with Crippen molar-refractivity contribution in [2.75, 3.05) is 0 Å². The molecule has 0 atom stereocenters. The van der Waals surface area contributed by atoms with Gasteiger partial charge in [0.15, 0.2) is 0 Å². The lowest BCUT2D eigenvalue weighted by atomic mass is 10.1. The number of carbonyl (C=O) groups is 1. The highest BCUT2D eigenvalue weighted by molar-refractivity contribution is 5.67. The molecule has 14 heavy (non-hydrogen) atoms. The molecule has 0 radical (unpaired) electrons. The summed E-state index contributed by atoms with van der Waals surface area (Å²) < 4.78 is 1.82. The summed E-state index contributed by atoms with van der Waals surface area (Å²) in [5.41, 5.74) is 3.25. The molecule has 0 aliphatic heterocycles. The van der Waals surface area contributed by atoms with Crippen molar-refractivity contribution < 1.29 is 9.90 Å². The second-order valence-corrected chi connectivity index (χ2v) is 3.38. The second-order valence-electron chi connectivity index (χ2n) is 3.38. The zero-order valence-electron chi connectivity index (χ0n) is 8.87. The predicted octanol–water partition coefficient (Wildman–Crippen LogP) is 1.31. The van der Waals surface area contributed by atoms with Crippen LogP contribution in [0.25, 0.3) is 0 Å². The number of nitrogens with zero attached hydrogens (tertiary/aromatic N) is 2. The summed E-state index contributed by atoms with van der Waals surface area (Å²) in [7, 11) is 1.89. The molecule has 4 heteroatoms. The van der Waals surface area contributed by atoms with E-state index in [1.165, 1.54) is 5.56 Å². The van der Waals surface area contributed by atoms with Crippen molar-refractivity contribution in [3.8, 4) is 0 Å². The summed E-state index contributed by atoms with van der Waals surface area (Å²) in [5.74, 6) is -0.768. The van der Waals surface area contributed by atoms with Crippen molar-refractivity contribution in [3.05, 3.63) is 17.0 Å². The van der Waals surface area contributed by atoms with Crippen LogP contribution in [0.3, 0.4) is 0 Å². The second kappa shape index (κ2) is 4.26. The number of aliphatic carboxylic acids is 1. The van der Waals surface area contributed by atoms with Crippen LogP contribution >= 0.6 is 0 Å². The van der Waals surface area contributed by atoms with Crippen LogP contribution in [-0.2, 0) is 24.7 Å². The van der Waals surface area contributed by atoms with E-state index in [0.29, 0.717) is 6.42 Å². The van der Waals surface area contributed by atoms with Gasteiger partial charge < -0.3 is 5.11 Å². The van der Waals surface area contributed by atoms with Crippen LogP contribution in [0.2, 0.25) is 0 Å². The third kappa shape index (κ3) is 2.13. The molecule has 0 fully saturated rings. The molecule has 1 N–H and O–H groups in total. The van der Waals surface area contributed by atoms with Gasteiger partial charge in [-0.1, -0.05) is 6.92 Å². The van der Waals surface area contributed by atoms with Gasteiger partial charge in [-0.15, -0.1) is 0 Å². The Morgan fingerprint density at radius 2 is 2.21 bits per heavy atom. The van der Waals surface area contributed by atoms with E-state index >= 15 is 0 Å². The Balaban J connectivity index is 2.85. The maximum Gasteiger partial charge on any atom is 0.303 e. The first-order chi connectivity index (χ1) is 6.56. The fourth-order valence-electron chi connectivity index (χ4n) is 1.61. The number of hydrogen-bond acceptors (Lipinski definition) is 2. The van der Waals surface area contributed by atoms with Gasteiger partial charge in [0.2, 0.25) is 0 Å². The molecule has 1 aromatic rings. The van der Waals surface area contributed by atoms with Gasteiger partial charge in [0.25, 0.3) is 0 Å². The molecule has 0 aromatic carbocycles. The molecule has 0 aliphatic carbocycles. The zero-order valence-corrected chi connectivity index (χ0v) is 8.87. The molecule has 0 spiro atoms. The van der Waals surface area contributed by atoms with E-state index in [1.807, 2.05) is 18.7 Å². The van der Waals surface area contributed by atoms with Crippen LogP contribution in [0.15, 0.2) is 0 Å². The fourth-order valence-corrected chi connectivity index (χ4v) is 1.61. The van der Waals surface area contributed by atoms with Gasteiger partial charge >= 0.3 is 5.97 Å². The molecular formula is C10H16N2O2. The van der Waals surface area contributed by atoms with Gasteiger partial charge in [0.05, 0.1) is 12.1 Å². The lowest BCUT2D eigenvalue weighted by molar-refractivity contribution is -0.136. The summed E-state index contributed by atoms with van der Waals surface area (Å²) in [6, 6.07) is 0. The standard InChI is InChI=1S/C10H16N2O2/c1-4-8-7(2)12(3)11-9(8)5-6-10(13)14/h4-6H2,1-3H3,(H,13,14). The van der Waals surface area contributed by atoms with Crippen LogP contribution in [0.1, 0.15) is 30.3 Å². The lowest BCUT2D eigenvalue weighted by Crippen LogP contribution is -2.00. The Kier molecular flexibility index (Phi) is 3.28. The Bertz CT molecular complexity index is 342. The Morgan fingerprint density at radius 1 is 1.57 bits per heavy atom. The van der Waals surface area contributed by atoms with E-state index in [0.717, 1.165) is 17.8 Å². The number of aryl methyl sites for hydroxylation is 2. The summed E-state index contributed by atoms with van der Waals surface area (Å²) in [6.07, 6.45) is 1.60. The van der Waals surface area contributed by atoms with Gasteiger partial charge in [0.1, 0.15) is 0 Å². The minimum Gasteiger partial charge on any atom is -0.481 e. The number of hydrogen-bond donors (Lipinski definition) is 1. The van der Waals surface area contributed by atoms with Crippen LogP contribution in [0.5, 0.6) is 0 Å². The van der Waals surface area contributed by atoms with Gasteiger partial charge in [-0.2, -0.15) is 5.10 Å². The molecule has 0 bridgehead atoms. The largest absolute Gasteiger partial charge is 0.481 e. The molecule has 1 rings (SSSR count). The molecule has 0 aliphatic rings. The third-order valence-corrected chi connectivity index (χ3v) is 2.47. The van der Waals surface area contributed by atoms with Crippen LogP contribution < -0.4 is 0 Å². The summed E-state index contributed by atoms with van der Waals surface area (Å²) in [4.78, 5) is 10.4. The molecule has 1 heterocycles. The molecule has 0 saturated heterocycles. The van der Waals surface area contributed by atoms with E-state index in [9.17, 15) is 4.79 Å². The third-order valence-electron chi connectivity index (χ3n) is 2.47. The smallest absolute Gasteiger partial charge is 0.303 e. The Morgan fingerprint density at radius 3 is 2.71 bits per heavy atom. The van der Waals surface area contributed by atoms with Crippen LogP contribution in [0, 0.1) is 6.92 Å². The molecule has 1 aromatic heterocycles. The highest BCUT2D eigenvalue weighted by Gasteiger charge is 2.11. The maximum atomic E-state index is 10.4. The molecule has 0 saturated carbocycles. The number of carboxylic acids is 1. The molecule has 78 valence electrons. The lowest BCUT2D eigenvalue weighted by Gasteiger charge is -1.98. The van der Waals surface area contributed by atoms with Gasteiger partial charge in [-0.3, -0.25) is 9.48 Å². The monoisotopic (exact) mass is 196 g/mol. The van der Waals surface area contributed by atoms with Gasteiger partial charge in [-0.25, -0.2) is 0 Å². The topological polar surface area (TPSA) is 55.1 Å².